The summed E-state index contributed by atoms with van der Waals surface area (Å²) in [5, 5.41) is 2.91. The van der Waals surface area contributed by atoms with Crippen LogP contribution in [-0.4, -0.2) is 36.3 Å². The van der Waals surface area contributed by atoms with Gasteiger partial charge in [-0.25, -0.2) is 0 Å². The van der Waals surface area contributed by atoms with Crippen molar-refractivity contribution in [3.05, 3.63) is 71.3 Å². The molecule has 0 spiro atoms. The van der Waals surface area contributed by atoms with E-state index in [1.54, 1.807) is 12.1 Å². The smallest absolute Gasteiger partial charge is 0.307 e. The number of carbonyl (C=O) groups is 3. The second-order valence-electron chi connectivity index (χ2n) is 6.83. The molecule has 1 unspecified atom stereocenters. The van der Waals surface area contributed by atoms with Crippen LogP contribution in [-0.2, 0) is 20.9 Å². The summed E-state index contributed by atoms with van der Waals surface area (Å²) in [5.74, 6) is -0.475. The predicted molar refractivity (Wildman–Crippen MR) is 104 cm³/mol. The molecule has 1 aliphatic rings. The van der Waals surface area contributed by atoms with Crippen molar-refractivity contribution in [3.63, 3.8) is 0 Å². The summed E-state index contributed by atoms with van der Waals surface area (Å²) in [6, 6.07) is 16.1. The van der Waals surface area contributed by atoms with Gasteiger partial charge in [0.15, 0.2) is 0 Å². The number of benzene rings is 2. The van der Waals surface area contributed by atoms with Gasteiger partial charge in [0.05, 0.1) is 19.6 Å². The van der Waals surface area contributed by atoms with E-state index in [0.29, 0.717) is 18.5 Å². The van der Waals surface area contributed by atoms with Gasteiger partial charge < -0.3 is 15.0 Å². The molecule has 1 fully saturated rings. The minimum absolute atomic E-state index is 0.0570. The van der Waals surface area contributed by atoms with Gasteiger partial charge in [-0.05, 0) is 29.7 Å². The molecular formula is C22H24N2O4. The van der Waals surface area contributed by atoms with Crippen molar-refractivity contribution in [2.75, 3.05) is 13.7 Å². The Hall–Kier alpha value is -3.15. The summed E-state index contributed by atoms with van der Waals surface area (Å²) >= 11 is 0. The van der Waals surface area contributed by atoms with Crippen molar-refractivity contribution < 1.29 is 19.1 Å². The quantitative estimate of drug-likeness (QED) is 0.750. The minimum Gasteiger partial charge on any atom is -0.469 e. The Labute approximate surface area is 164 Å². The molecule has 1 N–H and O–H groups in total. The van der Waals surface area contributed by atoms with Crippen LogP contribution in [0.5, 0.6) is 0 Å². The van der Waals surface area contributed by atoms with E-state index in [0.717, 1.165) is 24.1 Å². The van der Waals surface area contributed by atoms with Crippen LogP contribution < -0.4 is 5.32 Å². The van der Waals surface area contributed by atoms with Crippen LogP contribution in [0.1, 0.15) is 46.8 Å². The van der Waals surface area contributed by atoms with Gasteiger partial charge in [-0.15, -0.1) is 0 Å². The van der Waals surface area contributed by atoms with Crippen molar-refractivity contribution in [2.45, 2.75) is 31.8 Å². The number of hydrogen-bond donors (Lipinski definition) is 1. The van der Waals surface area contributed by atoms with Gasteiger partial charge in [-0.1, -0.05) is 42.5 Å². The number of esters is 1. The molecule has 28 heavy (non-hydrogen) atoms. The van der Waals surface area contributed by atoms with Crippen molar-refractivity contribution in [1.82, 2.24) is 10.2 Å². The highest BCUT2D eigenvalue weighted by atomic mass is 16.5. The summed E-state index contributed by atoms with van der Waals surface area (Å²) in [5.41, 5.74) is 2.33. The van der Waals surface area contributed by atoms with Crippen LogP contribution >= 0.6 is 0 Å². The maximum atomic E-state index is 12.7. The van der Waals surface area contributed by atoms with Crippen molar-refractivity contribution in [3.8, 4) is 0 Å². The molecule has 6 nitrogen and oxygen atoms in total. The largest absolute Gasteiger partial charge is 0.469 e. The summed E-state index contributed by atoms with van der Waals surface area (Å²) in [6.07, 6.45) is 1.57. The van der Waals surface area contributed by atoms with E-state index in [4.69, 9.17) is 4.74 Å². The lowest BCUT2D eigenvalue weighted by molar-refractivity contribution is -0.141. The third kappa shape index (κ3) is 4.97. The number of hydrogen-bond acceptors (Lipinski definition) is 4. The molecule has 0 aliphatic carbocycles. The molecule has 1 aliphatic heterocycles. The summed E-state index contributed by atoms with van der Waals surface area (Å²) in [6.45, 7) is 1.35. The lowest BCUT2D eigenvalue weighted by Crippen LogP contribution is -2.30. The maximum Gasteiger partial charge on any atom is 0.307 e. The highest BCUT2D eigenvalue weighted by Gasteiger charge is 2.21. The first-order chi connectivity index (χ1) is 13.6. The van der Waals surface area contributed by atoms with Gasteiger partial charge in [0, 0.05) is 25.1 Å². The van der Waals surface area contributed by atoms with Gasteiger partial charge >= 0.3 is 5.97 Å². The first-order valence-electron chi connectivity index (χ1n) is 9.36. The van der Waals surface area contributed by atoms with Gasteiger partial charge in [0.25, 0.3) is 5.91 Å². The van der Waals surface area contributed by atoms with Crippen LogP contribution in [0.25, 0.3) is 0 Å². The normalized spacial score (nSPS) is 14.6. The van der Waals surface area contributed by atoms with Crippen molar-refractivity contribution >= 4 is 17.8 Å². The Morgan fingerprint density at radius 3 is 2.43 bits per heavy atom. The highest BCUT2D eigenvalue weighted by Crippen LogP contribution is 2.19. The molecule has 1 heterocycles. The zero-order valence-electron chi connectivity index (χ0n) is 15.9. The number of methoxy groups -OCH3 is 1. The first-order valence-corrected chi connectivity index (χ1v) is 9.36. The number of amides is 2. The van der Waals surface area contributed by atoms with Crippen LogP contribution in [0, 0.1) is 0 Å². The number of carbonyl (C=O) groups excluding carboxylic acids is 3. The molecule has 1 saturated heterocycles. The minimum atomic E-state index is -0.469. The summed E-state index contributed by atoms with van der Waals surface area (Å²) in [4.78, 5) is 38.0. The Morgan fingerprint density at radius 2 is 1.82 bits per heavy atom. The maximum absolute atomic E-state index is 12.7. The van der Waals surface area contributed by atoms with Gasteiger partial charge in [-0.3, -0.25) is 14.4 Å². The second-order valence-corrected chi connectivity index (χ2v) is 6.83. The number of rotatable bonds is 7. The zero-order chi connectivity index (χ0) is 19.9. The van der Waals surface area contributed by atoms with E-state index in [9.17, 15) is 14.4 Å². The topological polar surface area (TPSA) is 75.7 Å². The number of ether oxygens (including phenoxy) is 1. The first kappa shape index (κ1) is 19.6. The van der Waals surface area contributed by atoms with Gasteiger partial charge in [0.1, 0.15) is 0 Å². The van der Waals surface area contributed by atoms with E-state index in [2.05, 4.69) is 5.32 Å². The van der Waals surface area contributed by atoms with Crippen LogP contribution in [0.4, 0.5) is 0 Å². The van der Waals surface area contributed by atoms with E-state index in [1.807, 2.05) is 47.4 Å². The fraction of sp³-hybridized carbons (Fsp3) is 0.318. The highest BCUT2D eigenvalue weighted by molar-refractivity contribution is 5.94. The van der Waals surface area contributed by atoms with Crippen LogP contribution in [0.3, 0.4) is 0 Å². The molecule has 0 bridgehead atoms. The van der Waals surface area contributed by atoms with Crippen molar-refractivity contribution in [2.24, 2.45) is 0 Å². The van der Waals surface area contributed by atoms with Gasteiger partial charge in [0.2, 0.25) is 5.91 Å². The molecule has 0 radical (unpaired) electrons. The molecule has 2 amide bonds. The van der Waals surface area contributed by atoms with E-state index < -0.39 is 6.04 Å². The predicted octanol–water partition coefficient (Wildman–Crippen LogP) is 2.84. The Morgan fingerprint density at radius 1 is 1.11 bits per heavy atom. The molecule has 0 aromatic heterocycles. The number of nitrogens with zero attached hydrogens (tertiary/aromatic N) is 1. The van der Waals surface area contributed by atoms with Crippen molar-refractivity contribution in [1.29, 1.82) is 0 Å². The lowest BCUT2D eigenvalue weighted by atomic mass is 10.0. The van der Waals surface area contributed by atoms with E-state index in [1.165, 1.54) is 7.11 Å². The summed E-state index contributed by atoms with van der Waals surface area (Å²) in [7, 11) is 1.33. The van der Waals surface area contributed by atoms with Crippen LogP contribution in [0.15, 0.2) is 54.6 Å². The molecule has 3 rings (SSSR count). The molecular weight excluding hydrogens is 356 g/mol. The number of likely N-dealkylation sites (tertiary alicyclic amines) is 1. The second kappa shape index (κ2) is 9.17. The zero-order valence-corrected chi connectivity index (χ0v) is 15.9. The van der Waals surface area contributed by atoms with Gasteiger partial charge in [-0.2, -0.15) is 0 Å². The Bertz CT molecular complexity index is 833. The average molecular weight is 380 g/mol. The third-order valence-electron chi connectivity index (χ3n) is 4.87. The molecule has 0 saturated carbocycles. The third-order valence-corrected chi connectivity index (χ3v) is 4.87. The fourth-order valence-corrected chi connectivity index (χ4v) is 3.28. The number of nitrogens with one attached hydrogen (secondary N) is 1. The fourth-order valence-electron chi connectivity index (χ4n) is 3.28. The average Bonchev–Trinajstić information content (AvgIpc) is 3.13. The van der Waals surface area contributed by atoms with E-state index >= 15 is 0 Å². The molecule has 6 heteroatoms. The monoisotopic (exact) mass is 380 g/mol. The SMILES string of the molecule is COC(=O)CC(NC(=O)c1ccc(CN2CCCC2=O)cc1)c1ccccc1. The molecule has 2 aromatic carbocycles. The molecule has 1 atom stereocenters. The van der Waals surface area contributed by atoms with Crippen LogP contribution in [0.2, 0.25) is 0 Å². The molecule has 2 aromatic rings. The lowest BCUT2D eigenvalue weighted by Gasteiger charge is -2.19. The Balaban J connectivity index is 1.67. The standard InChI is InChI=1S/C22H24N2O4/c1-28-21(26)14-19(17-6-3-2-4-7-17)23-22(27)18-11-9-16(10-12-18)15-24-13-5-8-20(24)25/h2-4,6-7,9-12,19H,5,8,13-15H2,1H3,(H,23,27). The van der Waals surface area contributed by atoms with E-state index in [-0.39, 0.29) is 24.2 Å². The Kier molecular flexibility index (Phi) is 6.42. The summed E-state index contributed by atoms with van der Waals surface area (Å²) < 4.78 is 4.75. The molecule has 146 valence electrons.